The molecule has 0 unspecified atom stereocenters. The van der Waals surface area contributed by atoms with E-state index in [2.05, 4.69) is 0 Å². The predicted molar refractivity (Wildman–Crippen MR) is 102 cm³/mol. The normalized spacial score (nSPS) is 28.2. The second-order valence-corrected chi connectivity index (χ2v) is 7.95. The van der Waals surface area contributed by atoms with Crippen molar-refractivity contribution in [2.24, 2.45) is 11.8 Å². The Bertz CT molecular complexity index is 985. The van der Waals surface area contributed by atoms with Gasteiger partial charge in [0.05, 0.1) is 29.6 Å². The number of fused-ring (bicyclic) bond motifs is 5. The molecule has 2 aliphatic heterocycles. The summed E-state index contributed by atoms with van der Waals surface area (Å²) in [6.45, 7) is 3.82. The molecule has 0 amide bonds. The topological polar surface area (TPSA) is 55.8 Å². The van der Waals surface area contributed by atoms with E-state index in [1.165, 1.54) is 12.1 Å². The first kappa shape index (κ1) is 17.4. The van der Waals surface area contributed by atoms with Gasteiger partial charge in [0.15, 0.2) is 5.78 Å². The molecule has 2 fully saturated rings. The molecule has 144 valence electrons. The molecule has 2 bridgehead atoms. The molecule has 4 nitrogen and oxygen atoms in total. The molecule has 1 N–H and O–H groups in total. The number of allylic oxidation sites excluding steroid dienone is 1. The van der Waals surface area contributed by atoms with Gasteiger partial charge >= 0.3 is 0 Å². The average molecular weight is 380 g/mol. The number of carbonyl (C=O) groups is 1. The maximum atomic E-state index is 13.1. The van der Waals surface area contributed by atoms with Crippen molar-refractivity contribution in [1.29, 1.82) is 0 Å². The summed E-state index contributed by atoms with van der Waals surface area (Å²) in [5.41, 5.74) is 2.95. The van der Waals surface area contributed by atoms with Crippen LogP contribution in [0.5, 0.6) is 11.5 Å². The zero-order valence-corrected chi connectivity index (χ0v) is 15.7. The Hall–Kier alpha value is -2.66. The van der Waals surface area contributed by atoms with Crippen LogP contribution in [0.25, 0.3) is 5.57 Å². The number of benzene rings is 2. The zero-order valence-electron chi connectivity index (χ0n) is 15.7. The van der Waals surface area contributed by atoms with Crippen molar-refractivity contribution >= 4 is 11.4 Å². The number of rotatable bonds is 3. The minimum atomic E-state index is -0.319. The monoisotopic (exact) mass is 380 g/mol. The number of carbonyl (C=O) groups excluding carboxylic acids is 1. The van der Waals surface area contributed by atoms with Gasteiger partial charge in [0.25, 0.3) is 0 Å². The van der Waals surface area contributed by atoms with E-state index < -0.39 is 0 Å². The second kappa shape index (κ2) is 6.17. The SMILES string of the molecule is Cc1cc(Oc2ccc(F)cc2)cc(C)c1C1=C(O)[C@H]2[C@@H](C1=O)[C@H]1CC[C@@H]2O1. The van der Waals surface area contributed by atoms with Crippen LogP contribution in [-0.4, -0.2) is 23.1 Å². The number of aliphatic hydroxyl groups is 1. The second-order valence-electron chi connectivity index (χ2n) is 7.95. The Kier molecular flexibility index (Phi) is 3.85. The Morgan fingerprint density at radius 3 is 2.21 bits per heavy atom. The molecule has 28 heavy (non-hydrogen) atoms. The van der Waals surface area contributed by atoms with Crippen LogP contribution in [0, 0.1) is 31.5 Å². The Balaban J connectivity index is 1.51. The van der Waals surface area contributed by atoms with Gasteiger partial charge in [-0.3, -0.25) is 4.79 Å². The average Bonchev–Trinajstić information content (AvgIpc) is 3.33. The van der Waals surface area contributed by atoms with Gasteiger partial charge in [-0.2, -0.15) is 0 Å². The molecule has 1 aliphatic carbocycles. The fraction of sp³-hybridized carbons (Fsp3) is 0.348. The van der Waals surface area contributed by atoms with E-state index >= 15 is 0 Å². The molecular formula is C23H21FO4. The third-order valence-corrected chi connectivity index (χ3v) is 6.20. The van der Waals surface area contributed by atoms with Gasteiger partial charge in [0.1, 0.15) is 23.1 Å². The van der Waals surface area contributed by atoms with E-state index in [0.29, 0.717) is 17.1 Å². The predicted octanol–water partition coefficient (Wildman–Crippen LogP) is 4.88. The number of Topliss-reactive ketones (excluding diaryl/α,β-unsaturated/α-hetero) is 1. The van der Waals surface area contributed by atoms with Gasteiger partial charge in [-0.05, 0) is 79.8 Å². The first-order chi connectivity index (χ1) is 13.4. The largest absolute Gasteiger partial charge is 0.511 e. The molecule has 2 saturated heterocycles. The Morgan fingerprint density at radius 2 is 1.61 bits per heavy atom. The van der Waals surface area contributed by atoms with Crippen LogP contribution in [0.4, 0.5) is 4.39 Å². The third kappa shape index (κ3) is 2.49. The van der Waals surface area contributed by atoms with Gasteiger partial charge in [0, 0.05) is 0 Å². The summed E-state index contributed by atoms with van der Waals surface area (Å²) < 4.78 is 24.8. The van der Waals surface area contributed by atoms with E-state index in [0.717, 1.165) is 29.5 Å². The number of hydrogen-bond acceptors (Lipinski definition) is 4. The molecule has 4 atom stereocenters. The van der Waals surface area contributed by atoms with Crippen LogP contribution < -0.4 is 4.74 Å². The van der Waals surface area contributed by atoms with Gasteiger partial charge in [-0.1, -0.05) is 0 Å². The highest BCUT2D eigenvalue weighted by molar-refractivity contribution is 6.26. The zero-order chi connectivity index (χ0) is 19.6. The highest BCUT2D eigenvalue weighted by atomic mass is 19.1. The highest BCUT2D eigenvalue weighted by Crippen LogP contribution is 2.54. The summed E-state index contributed by atoms with van der Waals surface area (Å²) in [4.78, 5) is 13.1. The molecule has 0 radical (unpaired) electrons. The molecular weight excluding hydrogens is 359 g/mol. The molecule has 0 aromatic heterocycles. The lowest BCUT2D eigenvalue weighted by atomic mass is 9.80. The lowest BCUT2D eigenvalue weighted by Crippen LogP contribution is -2.29. The molecule has 3 aliphatic rings. The quantitative estimate of drug-likeness (QED) is 0.825. The van der Waals surface area contributed by atoms with Crippen molar-refractivity contribution in [1.82, 2.24) is 0 Å². The molecule has 2 aromatic rings. The highest BCUT2D eigenvalue weighted by Gasteiger charge is 2.59. The van der Waals surface area contributed by atoms with E-state index in [1.807, 2.05) is 26.0 Å². The van der Waals surface area contributed by atoms with E-state index in [4.69, 9.17) is 9.47 Å². The fourth-order valence-corrected chi connectivity index (χ4v) is 5.08. The number of hydrogen-bond donors (Lipinski definition) is 1. The van der Waals surface area contributed by atoms with Gasteiger partial charge in [-0.15, -0.1) is 0 Å². The Labute approximate surface area is 162 Å². The minimum Gasteiger partial charge on any atom is -0.511 e. The van der Waals surface area contributed by atoms with Crippen LogP contribution in [0.1, 0.15) is 29.5 Å². The van der Waals surface area contributed by atoms with Gasteiger partial charge in [0.2, 0.25) is 0 Å². The molecule has 0 saturated carbocycles. The summed E-state index contributed by atoms with van der Waals surface area (Å²) in [6.07, 6.45) is 1.68. The van der Waals surface area contributed by atoms with Crippen LogP contribution in [0.3, 0.4) is 0 Å². The number of ether oxygens (including phenoxy) is 2. The summed E-state index contributed by atoms with van der Waals surface area (Å²) in [5.74, 6) is 0.557. The van der Waals surface area contributed by atoms with Gasteiger partial charge < -0.3 is 14.6 Å². The number of halogens is 1. The maximum absolute atomic E-state index is 13.1. The van der Waals surface area contributed by atoms with Crippen LogP contribution in [-0.2, 0) is 9.53 Å². The smallest absolute Gasteiger partial charge is 0.173 e. The van der Waals surface area contributed by atoms with E-state index in [1.54, 1.807) is 12.1 Å². The van der Waals surface area contributed by atoms with Crippen LogP contribution >= 0.6 is 0 Å². The van der Waals surface area contributed by atoms with Crippen molar-refractivity contribution in [2.75, 3.05) is 0 Å². The standard InChI is InChI=1S/C23H21FO4/c1-11-9-15(27-14-5-3-13(24)4-6-14)10-12(2)18(11)21-22(25)19-16-7-8-17(28-16)20(19)23(21)26/h3-6,9-10,16-17,19-20,25H,7-8H2,1-2H3/t16-,17+,19+,20-/m0/s1. The molecule has 0 spiro atoms. The summed E-state index contributed by atoms with van der Waals surface area (Å²) in [5, 5.41) is 10.9. The molecule has 2 aromatic carbocycles. The Morgan fingerprint density at radius 1 is 1.00 bits per heavy atom. The summed E-state index contributed by atoms with van der Waals surface area (Å²) in [7, 11) is 0. The minimum absolute atomic E-state index is 0.00639. The van der Waals surface area contributed by atoms with Crippen molar-refractivity contribution in [2.45, 2.75) is 38.9 Å². The molecule has 5 rings (SSSR count). The van der Waals surface area contributed by atoms with E-state index in [9.17, 15) is 14.3 Å². The lowest BCUT2D eigenvalue weighted by molar-refractivity contribution is -0.118. The number of ketones is 1. The number of aliphatic hydroxyl groups excluding tert-OH is 1. The molecule has 5 heteroatoms. The molecule has 2 heterocycles. The van der Waals surface area contributed by atoms with Crippen LogP contribution in [0.2, 0.25) is 0 Å². The summed E-state index contributed by atoms with van der Waals surface area (Å²) in [6, 6.07) is 9.52. The number of aryl methyl sites for hydroxylation is 2. The fourth-order valence-electron chi connectivity index (χ4n) is 5.08. The van der Waals surface area contributed by atoms with Crippen molar-refractivity contribution < 1.29 is 23.8 Å². The first-order valence-corrected chi connectivity index (χ1v) is 9.62. The van der Waals surface area contributed by atoms with Crippen molar-refractivity contribution in [3.05, 3.63) is 64.7 Å². The first-order valence-electron chi connectivity index (χ1n) is 9.62. The van der Waals surface area contributed by atoms with Gasteiger partial charge in [-0.25, -0.2) is 4.39 Å². The van der Waals surface area contributed by atoms with Crippen LogP contribution in [0.15, 0.2) is 42.2 Å². The lowest BCUT2D eigenvalue weighted by Gasteiger charge is -2.19. The van der Waals surface area contributed by atoms with E-state index in [-0.39, 0.29) is 41.4 Å². The summed E-state index contributed by atoms with van der Waals surface area (Å²) >= 11 is 0. The maximum Gasteiger partial charge on any atom is 0.173 e. The van der Waals surface area contributed by atoms with Crippen molar-refractivity contribution in [3.8, 4) is 11.5 Å². The van der Waals surface area contributed by atoms with Crippen molar-refractivity contribution in [3.63, 3.8) is 0 Å². The third-order valence-electron chi connectivity index (χ3n) is 6.20.